The molecule has 0 aliphatic rings. The Morgan fingerprint density at radius 3 is 2.75 bits per heavy atom. The number of hydrogen-bond acceptors (Lipinski definition) is 4. The number of nitro benzene ring substituents is 1. The van der Waals surface area contributed by atoms with Crippen LogP contribution in [0.4, 0.5) is 11.4 Å². The third kappa shape index (κ3) is 3.00. The minimum Gasteiger partial charge on any atom is -0.321 e. The Hall–Kier alpha value is -1.44. The van der Waals surface area contributed by atoms with Crippen LogP contribution in [0.3, 0.4) is 0 Å². The van der Waals surface area contributed by atoms with Crippen molar-refractivity contribution >= 4 is 56.1 Å². The van der Waals surface area contributed by atoms with Crippen molar-refractivity contribution in [1.29, 1.82) is 0 Å². The highest BCUT2D eigenvalue weighted by atomic mass is 79.9. The molecule has 8 heteroatoms. The molecule has 0 aliphatic heterocycles. The molecule has 0 spiro atoms. The third-order valence-corrected chi connectivity index (χ3v) is 4.70. The van der Waals surface area contributed by atoms with Crippen LogP contribution < -0.4 is 5.32 Å². The normalized spacial score (nSPS) is 10.3. The first kappa shape index (κ1) is 15.0. The molecule has 1 N–H and O–H groups in total. The van der Waals surface area contributed by atoms with E-state index in [1.54, 1.807) is 18.4 Å². The van der Waals surface area contributed by atoms with Gasteiger partial charge in [0.1, 0.15) is 9.90 Å². The zero-order valence-electron chi connectivity index (χ0n) is 10.1. The highest BCUT2D eigenvalue weighted by molar-refractivity contribution is 9.10. The van der Waals surface area contributed by atoms with E-state index in [-0.39, 0.29) is 16.6 Å². The number of carbonyl (C=O) groups is 1. The molecule has 0 saturated carbocycles. The number of benzene rings is 1. The summed E-state index contributed by atoms with van der Waals surface area (Å²) >= 11 is 10.4. The van der Waals surface area contributed by atoms with Crippen LogP contribution in [0.25, 0.3) is 0 Å². The summed E-state index contributed by atoms with van der Waals surface area (Å²) in [5.74, 6) is -0.292. The Balaban J connectivity index is 2.31. The van der Waals surface area contributed by atoms with E-state index in [4.69, 9.17) is 11.6 Å². The van der Waals surface area contributed by atoms with Crippen LogP contribution in [0, 0.1) is 17.0 Å². The van der Waals surface area contributed by atoms with E-state index >= 15 is 0 Å². The maximum absolute atomic E-state index is 12.1. The minimum absolute atomic E-state index is 0.0128. The molecule has 104 valence electrons. The first-order valence-corrected chi connectivity index (χ1v) is 7.44. The molecular weight excluding hydrogens is 368 g/mol. The highest BCUT2D eigenvalue weighted by Gasteiger charge is 2.18. The number of hydrogen-bond donors (Lipinski definition) is 1. The number of thiophene rings is 1. The third-order valence-electron chi connectivity index (χ3n) is 2.56. The summed E-state index contributed by atoms with van der Waals surface area (Å²) in [5.41, 5.74) is 0.840. The average Bonchev–Trinajstić information content (AvgIpc) is 2.79. The molecule has 0 fully saturated rings. The number of aryl methyl sites for hydroxylation is 1. The molecule has 1 heterocycles. The number of nitro groups is 1. The summed E-state index contributed by atoms with van der Waals surface area (Å²) in [6.45, 7) is 1.67. The summed E-state index contributed by atoms with van der Waals surface area (Å²) in [6, 6.07) is 4.49. The largest absolute Gasteiger partial charge is 0.321 e. The maximum atomic E-state index is 12.1. The lowest BCUT2D eigenvalue weighted by Gasteiger charge is -2.08. The van der Waals surface area contributed by atoms with Crippen molar-refractivity contribution in [3.63, 3.8) is 0 Å². The molecule has 1 aromatic heterocycles. The summed E-state index contributed by atoms with van der Waals surface area (Å²) in [5, 5.41) is 15.2. The van der Waals surface area contributed by atoms with Crippen LogP contribution >= 0.6 is 38.9 Å². The van der Waals surface area contributed by atoms with E-state index < -0.39 is 4.92 Å². The van der Waals surface area contributed by atoms with E-state index in [0.717, 1.165) is 0 Å². The number of anilines is 1. The number of amides is 1. The minimum atomic E-state index is -0.559. The second kappa shape index (κ2) is 5.90. The molecule has 20 heavy (non-hydrogen) atoms. The molecule has 0 aliphatic carbocycles. The maximum Gasteiger partial charge on any atom is 0.288 e. The van der Waals surface area contributed by atoms with Crippen molar-refractivity contribution in [3.8, 4) is 0 Å². The van der Waals surface area contributed by atoms with Gasteiger partial charge in [-0.1, -0.05) is 11.6 Å². The van der Waals surface area contributed by atoms with Gasteiger partial charge in [-0.05, 0) is 45.9 Å². The second-order valence-electron chi connectivity index (χ2n) is 3.93. The van der Waals surface area contributed by atoms with Gasteiger partial charge in [-0.25, -0.2) is 0 Å². The lowest BCUT2D eigenvalue weighted by Crippen LogP contribution is -2.12. The van der Waals surface area contributed by atoms with Gasteiger partial charge in [0.2, 0.25) is 0 Å². The van der Waals surface area contributed by atoms with Gasteiger partial charge in [0.05, 0.1) is 4.92 Å². The summed E-state index contributed by atoms with van der Waals surface area (Å²) < 4.78 is 0.700. The number of nitrogens with one attached hydrogen (secondary N) is 1. The van der Waals surface area contributed by atoms with Gasteiger partial charge in [0.25, 0.3) is 11.6 Å². The molecule has 1 aromatic carbocycles. The Labute approximate surface area is 131 Å². The van der Waals surface area contributed by atoms with Gasteiger partial charge in [-0.3, -0.25) is 14.9 Å². The van der Waals surface area contributed by atoms with E-state index in [1.807, 2.05) is 0 Å². The predicted octanol–water partition coefficient (Wildman–Crippen LogP) is 4.63. The fourth-order valence-electron chi connectivity index (χ4n) is 1.58. The molecule has 0 bridgehead atoms. The summed E-state index contributed by atoms with van der Waals surface area (Å²) in [6.07, 6.45) is 0. The molecule has 0 saturated heterocycles. The van der Waals surface area contributed by atoms with Crippen LogP contribution in [0.2, 0.25) is 5.02 Å². The molecule has 2 aromatic rings. The second-order valence-corrected chi connectivity index (χ2v) is 6.11. The van der Waals surface area contributed by atoms with Crippen molar-refractivity contribution in [2.24, 2.45) is 0 Å². The van der Waals surface area contributed by atoms with Crippen LogP contribution in [-0.4, -0.2) is 10.8 Å². The van der Waals surface area contributed by atoms with Gasteiger partial charge in [0, 0.05) is 16.2 Å². The standard InChI is InChI=1S/C12H8BrClN2O3S/c1-6-4-10(16(18)19)8(14)5-9(6)15-12(17)11-7(13)2-3-20-11/h2-5H,1H3,(H,15,17). The SMILES string of the molecule is Cc1cc([N+](=O)[O-])c(Cl)cc1NC(=O)c1sccc1Br. The zero-order chi connectivity index (χ0) is 14.9. The Kier molecular flexibility index (Phi) is 4.42. The Morgan fingerprint density at radius 1 is 1.50 bits per heavy atom. The van der Waals surface area contributed by atoms with E-state index in [0.29, 0.717) is 20.6 Å². The molecule has 0 unspecified atom stereocenters. The summed E-state index contributed by atoms with van der Waals surface area (Å²) in [7, 11) is 0. The predicted molar refractivity (Wildman–Crippen MR) is 82.8 cm³/mol. The van der Waals surface area contributed by atoms with E-state index in [2.05, 4.69) is 21.2 Å². The molecule has 1 amide bonds. The average molecular weight is 376 g/mol. The summed E-state index contributed by atoms with van der Waals surface area (Å²) in [4.78, 5) is 22.8. The Morgan fingerprint density at radius 2 is 2.20 bits per heavy atom. The number of nitrogens with zero attached hydrogens (tertiary/aromatic N) is 1. The fourth-order valence-corrected chi connectivity index (χ4v) is 3.25. The monoisotopic (exact) mass is 374 g/mol. The molecular formula is C12H8BrClN2O3S. The van der Waals surface area contributed by atoms with Crippen molar-refractivity contribution < 1.29 is 9.72 Å². The lowest BCUT2D eigenvalue weighted by molar-refractivity contribution is -0.384. The fraction of sp³-hybridized carbons (Fsp3) is 0.0833. The first-order chi connectivity index (χ1) is 9.40. The lowest BCUT2D eigenvalue weighted by atomic mass is 10.1. The Bertz CT molecular complexity index is 702. The van der Waals surface area contributed by atoms with Gasteiger partial charge < -0.3 is 5.32 Å². The van der Waals surface area contributed by atoms with Crippen molar-refractivity contribution in [2.75, 3.05) is 5.32 Å². The van der Waals surface area contributed by atoms with Gasteiger partial charge in [-0.15, -0.1) is 11.3 Å². The topological polar surface area (TPSA) is 72.2 Å². The van der Waals surface area contributed by atoms with Crippen LogP contribution in [0.5, 0.6) is 0 Å². The molecule has 5 nitrogen and oxygen atoms in total. The molecule has 0 atom stereocenters. The van der Waals surface area contributed by atoms with Crippen LogP contribution in [0.15, 0.2) is 28.1 Å². The van der Waals surface area contributed by atoms with Crippen molar-refractivity contribution in [3.05, 3.63) is 53.6 Å². The van der Waals surface area contributed by atoms with Gasteiger partial charge in [-0.2, -0.15) is 0 Å². The van der Waals surface area contributed by atoms with Crippen LogP contribution in [0.1, 0.15) is 15.2 Å². The number of carbonyl (C=O) groups excluding carboxylic acids is 1. The zero-order valence-corrected chi connectivity index (χ0v) is 13.3. The highest BCUT2D eigenvalue weighted by Crippen LogP contribution is 2.31. The first-order valence-electron chi connectivity index (χ1n) is 5.39. The van der Waals surface area contributed by atoms with E-state index in [1.165, 1.54) is 23.5 Å². The van der Waals surface area contributed by atoms with Crippen molar-refractivity contribution in [1.82, 2.24) is 0 Å². The van der Waals surface area contributed by atoms with Crippen LogP contribution in [-0.2, 0) is 0 Å². The van der Waals surface area contributed by atoms with E-state index in [9.17, 15) is 14.9 Å². The number of rotatable bonds is 3. The van der Waals surface area contributed by atoms with Gasteiger partial charge in [0.15, 0.2) is 0 Å². The smallest absolute Gasteiger partial charge is 0.288 e. The van der Waals surface area contributed by atoms with Gasteiger partial charge >= 0.3 is 0 Å². The molecule has 2 rings (SSSR count). The van der Waals surface area contributed by atoms with Crippen molar-refractivity contribution in [2.45, 2.75) is 6.92 Å². The number of halogens is 2. The quantitative estimate of drug-likeness (QED) is 0.628. The molecule has 0 radical (unpaired) electrons.